The summed E-state index contributed by atoms with van der Waals surface area (Å²) in [5.74, 6) is -0.0313. The van der Waals surface area contributed by atoms with Gasteiger partial charge in [0.05, 0.1) is 4.90 Å². The van der Waals surface area contributed by atoms with Crippen LogP contribution in [0, 0.1) is 6.92 Å². The van der Waals surface area contributed by atoms with Crippen molar-refractivity contribution in [3.63, 3.8) is 0 Å². The van der Waals surface area contributed by atoms with Gasteiger partial charge in [-0.05, 0) is 54.3 Å². The van der Waals surface area contributed by atoms with Crippen molar-refractivity contribution in [2.75, 3.05) is 10.0 Å². The van der Waals surface area contributed by atoms with Crippen molar-refractivity contribution in [3.8, 4) is 0 Å². The number of carbonyl (C=O) groups is 1. The third-order valence-electron chi connectivity index (χ3n) is 4.60. The number of amides is 1. The van der Waals surface area contributed by atoms with E-state index in [0.717, 1.165) is 16.8 Å². The lowest BCUT2D eigenvalue weighted by atomic mass is 9.98. The van der Waals surface area contributed by atoms with Crippen LogP contribution >= 0.6 is 0 Å². The molecule has 3 aromatic rings. The Morgan fingerprint density at radius 3 is 2.28 bits per heavy atom. The Bertz CT molecular complexity index is 1120. The number of nitrogens with one attached hydrogen (secondary N) is 2. The van der Waals surface area contributed by atoms with Crippen LogP contribution in [-0.4, -0.2) is 14.3 Å². The second-order valence-corrected chi connectivity index (χ2v) is 8.83. The first-order valence-electron chi connectivity index (χ1n) is 9.37. The van der Waals surface area contributed by atoms with E-state index in [-0.39, 0.29) is 16.7 Å². The number of anilines is 2. The largest absolute Gasteiger partial charge is 0.321 e. The van der Waals surface area contributed by atoms with Crippen LogP contribution in [0.25, 0.3) is 0 Å². The van der Waals surface area contributed by atoms with Crippen molar-refractivity contribution in [2.24, 2.45) is 0 Å². The third-order valence-corrected chi connectivity index (χ3v) is 5.99. The molecular formula is C23H24N2O3S. The quantitative estimate of drug-likeness (QED) is 0.591. The highest BCUT2D eigenvalue weighted by atomic mass is 32.2. The molecule has 0 aliphatic carbocycles. The molecule has 29 heavy (non-hydrogen) atoms. The van der Waals surface area contributed by atoms with E-state index in [1.165, 1.54) is 18.2 Å². The molecule has 1 amide bonds. The first-order valence-corrected chi connectivity index (χ1v) is 10.8. The van der Waals surface area contributed by atoms with Gasteiger partial charge in [0.25, 0.3) is 15.9 Å². The number of hydrogen-bond donors (Lipinski definition) is 2. The number of rotatable bonds is 6. The number of benzene rings is 3. The van der Waals surface area contributed by atoms with Gasteiger partial charge in [-0.3, -0.25) is 9.52 Å². The van der Waals surface area contributed by atoms with E-state index in [2.05, 4.69) is 23.9 Å². The van der Waals surface area contributed by atoms with E-state index in [1.54, 1.807) is 36.4 Å². The van der Waals surface area contributed by atoms with Gasteiger partial charge in [-0.15, -0.1) is 0 Å². The molecule has 0 atom stereocenters. The summed E-state index contributed by atoms with van der Waals surface area (Å²) in [5, 5.41) is 2.98. The zero-order valence-corrected chi connectivity index (χ0v) is 17.5. The number of para-hydroxylation sites is 1. The number of aryl methyl sites for hydroxylation is 1. The van der Waals surface area contributed by atoms with Crippen molar-refractivity contribution in [1.82, 2.24) is 0 Å². The first-order chi connectivity index (χ1) is 13.8. The Morgan fingerprint density at radius 1 is 0.897 bits per heavy atom. The first kappa shape index (κ1) is 20.6. The van der Waals surface area contributed by atoms with Gasteiger partial charge in [-0.1, -0.05) is 56.3 Å². The molecule has 0 saturated heterocycles. The summed E-state index contributed by atoms with van der Waals surface area (Å²) in [6.07, 6.45) is 0. The van der Waals surface area contributed by atoms with E-state index in [9.17, 15) is 13.2 Å². The van der Waals surface area contributed by atoms with E-state index in [4.69, 9.17) is 0 Å². The fraction of sp³-hybridized carbons (Fsp3) is 0.174. The lowest BCUT2D eigenvalue weighted by Crippen LogP contribution is -2.16. The average molecular weight is 409 g/mol. The minimum Gasteiger partial charge on any atom is -0.321 e. The van der Waals surface area contributed by atoms with Crippen molar-refractivity contribution in [2.45, 2.75) is 31.6 Å². The normalized spacial score (nSPS) is 11.3. The summed E-state index contributed by atoms with van der Waals surface area (Å²) >= 11 is 0. The molecule has 5 nitrogen and oxygen atoms in total. The van der Waals surface area contributed by atoms with Crippen LogP contribution < -0.4 is 10.0 Å². The Labute approximate surface area is 171 Å². The van der Waals surface area contributed by atoms with E-state index in [1.807, 2.05) is 25.1 Å². The van der Waals surface area contributed by atoms with Crippen molar-refractivity contribution in [1.29, 1.82) is 0 Å². The lowest BCUT2D eigenvalue weighted by Gasteiger charge is -2.17. The fourth-order valence-corrected chi connectivity index (χ4v) is 4.14. The lowest BCUT2D eigenvalue weighted by molar-refractivity contribution is 0.102. The maximum atomic E-state index is 12.8. The monoisotopic (exact) mass is 408 g/mol. The Morgan fingerprint density at radius 2 is 1.59 bits per heavy atom. The summed E-state index contributed by atoms with van der Waals surface area (Å²) in [4.78, 5) is 13.0. The van der Waals surface area contributed by atoms with Crippen LogP contribution in [-0.2, 0) is 10.0 Å². The number of carbonyl (C=O) groups excluding carboxylic acids is 1. The van der Waals surface area contributed by atoms with Crippen LogP contribution in [0.15, 0.2) is 77.7 Å². The van der Waals surface area contributed by atoms with Gasteiger partial charge in [-0.25, -0.2) is 8.42 Å². The van der Waals surface area contributed by atoms with Gasteiger partial charge < -0.3 is 5.32 Å². The van der Waals surface area contributed by atoms with Gasteiger partial charge in [0, 0.05) is 16.9 Å². The number of sulfonamides is 1. The van der Waals surface area contributed by atoms with Gasteiger partial charge in [-0.2, -0.15) is 0 Å². The Balaban J connectivity index is 1.84. The average Bonchev–Trinajstić information content (AvgIpc) is 2.70. The highest BCUT2D eigenvalue weighted by Crippen LogP contribution is 2.28. The van der Waals surface area contributed by atoms with Gasteiger partial charge in [0.1, 0.15) is 0 Å². The summed E-state index contributed by atoms with van der Waals surface area (Å²) in [7, 11) is -3.72. The molecule has 3 rings (SSSR count). The second kappa shape index (κ2) is 8.49. The molecule has 0 saturated carbocycles. The Kier molecular flexibility index (Phi) is 6.03. The maximum absolute atomic E-state index is 12.8. The molecule has 3 aromatic carbocycles. The van der Waals surface area contributed by atoms with Crippen LogP contribution in [0.1, 0.15) is 41.3 Å². The van der Waals surface area contributed by atoms with Gasteiger partial charge in [0.15, 0.2) is 0 Å². The molecule has 0 fully saturated rings. The summed E-state index contributed by atoms with van der Waals surface area (Å²) in [6.45, 7) is 6.10. The van der Waals surface area contributed by atoms with Crippen molar-refractivity contribution >= 4 is 27.3 Å². The second-order valence-electron chi connectivity index (χ2n) is 7.15. The molecule has 0 spiro atoms. The fourth-order valence-electron chi connectivity index (χ4n) is 3.07. The molecule has 0 radical (unpaired) electrons. The maximum Gasteiger partial charge on any atom is 0.261 e. The molecule has 2 N–H and O–H groups in total. The molecular weight excluding hydrogens is 384 g/mol. The molecule has 0 aliphatic heterocycles. The predicted octanol–water partition coefficient (Wildman–Crippen LogP) is 5.17. The predicted molar refractivity (Wildman–Crippen MR) is 117 cm³/mol. The summed E-state index contributed by atoms with van der Waals surface area (Å²) in [5.41, 5.74) is 3.53. The topological polar surface area (TPSA) is 75.3 Å². The summed E-state index contributed by atoms with van der Waals surface area (Å²) in [6, 6.07) is 20.5. The highest BCUT2D eigenvalue weighted by Gasteiger charge is 2.16. The van der Waals surface area contributed by atoms with Crippen LogP contribution in [0.5, 0.6) is 0 Å². The molecule has 150 valence electrons. The number of hydrogen-bond acceptors (Lipinski definition) is 3. The Hall–Kier alpha value is -3.12. The minimum absolute atomic E-state index is 0.163. The minimum atomic E-state index is -3.72. The van der Waals surface area contributed by atoms with Crippen molar-refractivity contribution < 1.29 is 13.2 Å². The summed E-state index contributed by atoms with van der Waals surface area (Å²) < 4.78 is 27.6. The smallest absolute Gasteiger partial charge is 0.261 e. The van der Waals surface area contributed by atoms with Gasteiger partial charge >= 0.3 is 0 Å². The van der Waals surface area contributed by atoms with E-state index >= 15 is 0 Å². The molecule has 0 unspecified atom stereocenters. The van der Waals surface area contributed by atoms with E-state index in [0.29, 0.717) is 11.3 Å². The molecule has 0 aromatic heterocycles. The molecule has 0 bridgehead atoms. The molecule has 6 heteroatoms. The van der Waals surface area contributed by atoms with Crippen LogP contribution in [0.4, 0.5) is 11.4 Å². The SMILES string of the molecule is Cc1cccc(C(C)C)c1NC(=O)c1cccc(NS(=O)(=O)c2ccccc2)c1. The van der Waals surface area contributed by atoms with Gasteiger partial charge in [0.2, 0.25) is 0 Å². The third kappa shape index (κ3) is 4.84. The molecule has 0 heterocycles. The highest BCUT2D eigenvalue weighted by molar-refractivity contribution is 7.92. The standard InChI is InChI=1S/C23H24N2O3S/c1-16(2)21-14-7-9-17(3)22(21)24-23(26)18-10-8-11-19(15-18)25-29(27,28)20-12-5-4-6-13-20/h4-16,25H,1-3H3,(H,24,26). The van der Waals surface area contributed by atoms with Crippen LogP contribution in [0.3, 0.4) is 0 Å². The van der Waals surface area contributed by atoms with Crippen molar-refractivity contribution in [3.05, 3.63) is 89.5 Å². The zero-order valence-electron chi connectivity index (χ0n) is 16.6. The zero-order chi connectivity index (χ0) is 21.0. The van der Waals surface area contributed by atoms with Crippen LogP contribution in [0.2, 0.25) is 0 Å². The van der Waals surface area contributed by atoms with E-state index < -0.39 is 10.0 Å². The molecule has 0 aliphatic rings.